The van der Waals surface area contributed by atoms with Crippen molar-refractivity contribution in [2.24, 2.45) is 0 Å². The fourth-order valence-corrected chi connectivity index (χ4v) is 2.37. The highest BCUT2D eigenvalue weighted by atomic mass is 32.2. The molecule has 2 rings (SSSR count). The second-order valence-electron chi connectivity index (χ2n) is 4.01. The highest BCUT2D eigenvalue weighted by Crippen LogP contribution is 2.12. The van der Waals surface area contributed by atoms with Gasteiger partial charge in [-0.1, -0.05) is 72.5 Å². The van der Waals surface area contributed by atoms with Crippen molar-refractivity contribution in [2.45, 2.75) is 5.75 Å². The van der Waals surface area contributed by atoms with Crippen LogP contribution >= 0.6 is 24.0 Å². The molecule has 102 valence electrons. The first-order valence-corrected chi connectivity index (χ1v) is 7.47. The van der Waals surface area contributed by atoms with E-state index in [-0.39, 0.29) is 5.91 Å². The summed E-state index contributed by atoms with van der Waals surface area (Å²) in [6, 6.07) is 19.0. The van der Waals surface area contributed by atoms with Gasteiger partial charge in [-0.3, -0.25) is 15.6 Å². The Bertz CT molecular complexity index is 573. The van der Waals surface area contributed by atoms with Crippen LogP contribution in [0.4, 0.5) is 0 Å². The molecule has 0 aliphatic rings. The molecule has 0 saturated carbocycles. The van der Waals surface area contributed by atoms with Gasteiger partial charge in [0.25, 0.3) is 5.91 Å². The molecule has 2 aromatic carbocycles. The van der Waals surface area contributed by atoms with Crippen molar-refractivity contribution < 1.29 is 4.79 Å². The molecule has 0 unspecified atom stereocenters. The number of hydrogen-bond acceptors (Lipinski definition) is 3. The zero-order valence-electron chi connectivity index (χ0n) is 10.7. The Morgan fingerprint density at radius 2 is 1.55 bits per heavy atom. The zero-order chi connectivity index (χ0) is 14.2. The molecule has 2 aromatic rings. The lowest BCUT2D eigenvalue weighted by atomic mass is 10.2. The summed E-state index contributed by atoms with van der Waals surface area (Å²) in [5.74, 6) is 0.571. The normalized spacial score (nSPS) is 9.80. The molecular formula is C15H14N2OS2. The molecule has 0 bridgehead atoms. The fourth-order valence-electron chi connectivity index (χ4n) is 1.53. The minimum Gasteiger partial charge on any atom is -0.283 e. The third-order valence-corrected chi connectivity index (χ3v) is 3.82. The van der Waals surface area contributed by atoms with E-state index < -0.39 is 0 Å². The van der Waals surface area contributed by atoms with Gasteiger partial charge >= 0.3 is 0 Å². The lowest BCUT2D eigenvalue weighted by molar-refractivity contribution is 0.0944. The molecule has 5 heteroatoms. The van der Waals surface area contributed by atoms with Gasteiger partial charge in [-0.05, 0) is 17.7 Å². The Labute approximate surface area is 127 Å². The molecule has 0 aliphatic carbocycles. The monoisotopic (exact) mass is 302 g/mol. The standard InChI is InChI=1S/C15H14N2OS2/c18-14(13-9-5-2-6-10-13)16-17-15(19)20-11-12-7-3-1-4-8-12/h1-10H,11H2,(H,16,18)(H,17,19). The van der Waals surface area contributed by atoms with E-state index >= 15 is 0 Å². The van der Waals surface area contributed by atoms with Crippen LogP contribution in [-0.4, -0.2) is 10.2 Å². The molecule has 3 nitrogen and oxygen atoms in total. The number of benzene rings is 2. The number of carbonyl (C=O) groups excluding carboxylic acids is 1. The largest absolute Gasteiger partial charge is 0.283 e. The van der Waals surface area contributed by atoms with E-state index in [1.807, 2.05) is 48.5 Å². The average Bonchev–Trinajstić information content (AvgIpc) is 2.52. The molecule has 0 aromatic heterocycles. The zero-order valence-corrected chi connectivity index (χ0v) is 12.3. The molecule has 20 heavy (non-hydrogen) atoms. The number of carbonyl (C=O) groups is 1. The summed E-state index contributed by atoms with van der Waals surface area (Å²) in [4.78, 5) is 11.8. The highest BCUT2D eigenvalue weighted by molar-refractivity contribution is 8.22. The van der Waals surface area contributed by atoms with Crippen molar-refractivity contribution in [2.75, 3.05) is 0 Å². The second-order valence-corrected chi connectivity index (χ2v) is 5.66. The van der Waals surface area contributed by atoms with Crippen molar-refractivity contribution >= 4 is 34.2 Å². The summed E-state index contributed by atoms with van der Waals surface area (Å²) in [6.07, 6.45) is 0. The van der Waals surface area contributed by atoms with Gasteiger partial charge in [0, 0.05) is 11.3 Å². The summed E-state index contributed by atoms with van der Waals surface area (Å²) in [6.45, 7) is 0. The minimum atomic E-state index is -0.201. The topological polar surface area (TPSA) is 41.1 Å². The number of hydrogen-bond donors (Lipinski definition) is 2. The summed E-state index contributed by atoms with van der Waals surface area (Å²) < 4.78 is 0.540. The molecular weight excluding hydrogens is 288 g/mol. The van der Waals surface area contributed by atoms with Crippen molar-refractivity contribution in [3.63, 3.8) is 0 Å². The van der Waals surface area contributed by atoms with E-state index in [9.17, 15) is 4.79 Å². The van der Waals surface area contributed by atoms with Gasteiger partial charge in [0.05, 0.1) is 0 Å². The number of nitrogens with one attached hydrogen (secondary N) is 2. The molecule has 0 radical (unpaired) electrons. The quantitative estimate of drug-likeness (QED) is 0.675. The minimum absolute atomic E-state index is 0.201. The molecule has 0 spiro atoms. The Morgan fingerprint density at radius 3 is 2.20 bits per heavy atom. The summed E-state index contributed by atoms with van der Waals surface area (Å²) in [7, 11) is 0. The Kier molecular flexibility index (Phi) is 5.58. The van der Waals surface area contributed by atoms with Crippen LogP contribution in [0.1, 0.15) is 15.9 Å². The van der Waals surface area contributed by atoms with Crippen LogP contribution < -0.4 is 10.9 Å². The number of amides is 1. The SMILES string of the molecule is O=C(NNC(=S)SCc1ccccc1)c1ccccc1. The van der Waals surface area contributed by atoms with E-state index in [2.05, 4.69) is 10.9 Å². The van der Waals surface area contributed by atoms with Crippen molar-refractivity contribution in [1.29, 1.82) is 0 Å². The van der Waals surface area contributed by atoms with E-state index in [0.717, 1.165) is 5.75 Å². The fraction of sp³-hybridized carbons (Fsp3) is 0.0667. The van der Waals surface area contributed by atoms with E-state index in [4.69, 9.17) is 12.2 Å². The van der Waals surface area contributed by atoms with Crippen molar-refractivity contribution in [3.8, 4) is 0 Å². The van der Waals surface area contributed by atoms with Gasteiger partial charge in [-0.15, -0.1) is 0 Å². The first kappa shape index (κ1) is 14.6. The van der Waals surface area contributed by atoms with E-state index in [0.29, 0.717) is 9.88 Å². The lowest BCUT2D eigenvalue weighted by Gasteiger charge is -2.09. The third-order valence-electron chi connectivity index (χ3n) is 2.53. The number of thiocarbonyl (C=S) groups is 1. The third kappa shape index (κ3) is 4.68. The molecule has 0 heterocycles. The molecule has 0 saturated heterocycles. The molecule has 1 amide bonds. The van der Waals surface area contributed by atoms with Crippen molar-refractivity contribution in [3.05, 3.63) is 71.8 Å². The molecule has 0 fully saturated rings. The molecule has 2 N–H and O–H groups in total. The number of rotatable bonds is 3. The number of hydrazine groups is 1. The van der Waals surface area contributed by atoms with Crippen LogP contribution in [0.5, 0.6) is 0 Å². The number of thioether (sulfide) groups is 1. The van der Waals surface area contributed by atoms with Crippen LogP contribution in [0, 0.1) is 0 Å². The maximum absolute atomic E-state index is 11.8. The predicted molar refractivity (Wildman–Crippen MR) is 87.4 cm³/mol. The van der Waals surface area contributed by atoms with Gasteiger partial charge in [-0.2, -0.15) is 0 Å². The Hall–Kier alpha value is -1.85. The van der Waals surface area contributed by atoms with Crippen LogP contribution in [-0.2, 0) is 5.75 Å². The first-order chi connectivity index (χ1) is 9.75. The maximum Gasteiger partial charge on any atom is 0.269 e. The average molecular weight is 302 g/mol. The first-order valence-electron chi connectivity index (χ1n) is 6.08. The van der Waals surface area contributed by atoms with Crippen LogP contribution in [0.25, 0.3) is 0 Å². The van der Waals surface area contributed by atoms with Gasteiger partial charge in [0.1, 0.15) is 0 Å². The Morgan fingerprint density at radius 1 is 0.950 bits per heavy atom. The Balaban J connectivity index is 1.74. The van der Waals surface area contributed by atoms with E-state index in [1.54, 1.807) is 12.1 Å². The summed E-state index contributed by atoms with van der Waals surface area (Å²) >= 11 is 6.63. The summed E-state index contributed by atoms with van der Waals surface area (Å²) in [5, 5.41) is 0. The highest BCUT2D eigenvalue weighted by Gasteiger charge is 2.04. The molecule has 0 aliphatic heterocycles. The van der Waals surface area contributed by atoms with Crippen LogP contribution in [0.3, 0.4) is 0 Å². The van der Waals surface area contributed by atoms with Crippen molar-refractivity contribution in [1.82, 2.24) is 10.9 Å². The van der Waals surface area contributed by atoms with Crippen LogP contribution in [0.15, 0.2) is 60.7 Å². The predicted octanol–water partition coefficient (Wildman–Crippen LogP) is 3.14. The summed E-state index contributed by atoms with van der Waals surface area (Å²) in [5.41, 5.74) is 7.11. The van der Waals surface area contributed by atoms with Gasteiger partial charge < -0.3 is 0 Å². The van der Waals surface area contributed by atoms with Crippen LogP contribution in [0.2, 0.25) is 0 Å². The molecule has 0 atom stereocenters. The van der Waals surface area contributed by atoms with Gasteiger partial charge in [0.15, 0.2) is 4.32 Å². The van der Waals surface area contributed by atoms with E-state index in [1.165, 1.54) is 17.3 Å². The van der Waals surface area contributed by atoms with Gasteiger partial charge in [0.2, 0.25) is 0 Å². The second kappa shape index (κ2) is 7.67. The maximum atomic E-state index is 11.8. The lowest BCUT2D eigenvalue weighted by Crippen LogP contribution is -2.39. The smallest absolute Gasteiger partial charge is 0.269 e. The van der Waals surface area contributed by atoms with Gasteiger partial charge in [-0.25, -0.2) is 0 Å².